The minimum absolute atomic E-state index is 0.0244. The van der Waals surface area contributed by atoms with Crippen LogP contribution in [0.2, 0.25) is 0 Å². The van der Waals surface area contributed by atoms with Crippen LogP contribution in [0.15, 0.2) is 0 Å². The summed E-state index contributed by atoms with van der Waals surface area (Å²) >= 11 is 0. The van der Waals surface area contributed by atoms with Gasteiger partial charge in [0, 0.05) is 26.6 Å². The third-order valence-corrected chi connectivity index (χ3v) is 2.14. The number of nitrogens with zero attached hydrogens (tertiary/aromatic N) is 1. The van der Waals surface area contributed by atoms with Gasteiger partial charge in [-0.1, -0.05) is 0 Å². The van der Waals surface area contributed by atoms with Gasteiger partial charge in [-0.15, -0.1) is 0 Å². The molecule has 2 amide bonds. The molecule has 1 aliphatic heterocycles. The van der Waals surface area contributed by atoms with E-state index in [2.05, 4.69) is 5.32 Å². The zero-order valence-corrected chi connectivity index (χ0v) is 7.75. The highest BCUT2D eigenvalue weighted by Crippen LogP contribution is 2.20. The summed E-state index contributed by atoms with van der Waals surface area (Å²) in [6.07, 6.45) is 1.02. The van der Waals surface area contributed by atoms with Gasteiger partial charge >= 0.3 is 0 Å². The largest absolute Gasteiger partial charge is 0.355 e. The standard InChI is InChI=1S/C8H15N3O2/c1-11-6(8(11)13)2-3-7(12)10-5-4-9/h6H,2-5,9H2,1H3,(H,10,12). The summed E-state index contributed by atoms with van der Waals surface area (Å²) in [6.45, 7) is 0.960. The molecule has 0 aliphatic carbocycles. The lowest BCUT2D eigenvalue weighted by Crippen LogP contribution is -2.29. The van der Waals surface area contributed by atoms with Crippen LogP contribution in [0.3, 0.4) is 0 Å². The number of nitrogens with two attached hydrogens (primary N) is 1. The molecule has 0 bridgehead atoms. The van der Waals surface area contributed by atoms with E-state index in [0.29, 0.717) is 25.9 Å². The van der Waals surface area contributed by atoms with E-state index in [1.165, 1.54) is 0 Å². The molecule has 13 heavy (non-hydrogen) atoms. The number of rotatable bonds is 5. The molecule has 5 heteroatoms. The zero-order valence-electron chi connectivity index (χ0n) is 7.75. The van der Waals surface area contributed by atoms with E-state index in [1.807, 2.05) is 0 Å². The van der Waals surface area contributed by atoms with Crippen molar-refractivity contribution in [3.63, 3.8) is 0 Å². The van der Waals surface area contributed by atoms with Gasteiger partial charge in [-0.25, -0.2) is 0 Å². The van der Waals surface area contributed by atoms with Crippen LogP contribution in [0.5, 0.6) is 0 Å². The molecule has 1 atom stereocenters. The molecule has 1 heterocycles. The van der Waals surface area contributed by atoms with Crippen LogP contribution in [-0.4, -0.2) is 42.9 Å². The van der Waals surface area contributed by atoms with Crippen molar-refractivity contribution in [1.82, 2.24) is 10.2 Å². The molecule has 1 saturated heterocycles. The van der Waals surface area contributed by atoms with E-state index < -0.39 is 0 Å². The second kappa shape index (κ2) is 4.23. The predicted molar refractivity (Wildman–Crippen MR) is 47.9 cm³/mol. The molecule has 3 N–H and O–H groups in total. The predicted octanol–water partition coefficient (Wildman–Crippen LogP) is -1.32. The fraction of sp³-hybridized carbons (Fsp3) is 0.750. The van der Waals surface area contributed by atoms with Crippen molar-refractivity contribution in [1.29, 1.82) is 0 Å². The minimum Gasteiger partial charge on any atom is -0.355 e. The van der Waals surface area contributed by atoms with Gasteiger partial charge in [-0.2, -0.15) is 0 Å². The van der Waals surface area contributed by atoms with E-state index >= 15 is 0 Å². The summed E-state index contributed by atoms with van der Waals surface area (Å²) in [5.74, 6) is 0.102. The first-order valence-electron chi connectivity index (χ1n) is 4.40. The second-order valence-corrected chi connectivity index (χ2v) is 3.14. The summed E-state index contributed by atoms with van der Waals surface area (Å²) in [7, 11) is 1.74. The Bertz CT molecular complexity index is 217. The summed E-state index contributed by atoms with van der Waals surface area (Å²) in [4.78, 5) is 23.5. The number of likely N-dealkylation sites (N-methyl/N-ethyl adjacent to an activating group) is 1. The van der Waals surface area contributed by atoms with Gasteiger partial charge in [-0.3, -0.25) is 9.59 Å². The molecule has 1 unspecified atom stereocenters. The molecule has 1 aliphatic rings. The van der Waals surface area contributed by atoms with Crippen LogP contribution in [0.4, 0.5) is 0 Å². The van der Waals surface area contributed by atoms with Crippen LogP contribution in [0.1, 0.15) is 12.8 Å². The van der Waals surface area contributed by atoms with Gasteiger partial charge < -0.3 is 16.0 Å². The smallest absolute Gasteiger partial charge is 0.245 e. The Morgan fingerprint density at radius 2 is 2.31 bits per heavy atom. The van der Waals surface area contributed by atoms with Crippen molar-refractivity contribution < 1.29 is 9.59 Å². The van der Waals surface area contributed by atoms with E-state index in [-0.39, 0.29) is 17.9 Å². The normalized spacial score (nSPS) is 20.3. The molecular formula is C8H15N3O2. The monoisotopic (exact) mass is 185 g/mol. The van der Waals surface area contributed by atoms with Gasteiger partial charge in [0.2, 0.25) is 11.8 Å². The SMILES string of the molecule is CN1C(=O)C1CCC(=O)NCCN. The number of carbonyl (C=O) groups is 2. The molecule has 0 aromatic carbocycles. The summed E-state index contributed by atoms with van der Waals surface area (Å²) in [6, 6.07) is -0.0244. The second-order valence-electron chi connectivity index (χ2n) is 3.14. The van der Waals surface area contributed by atoms with Crippen molar-refractivity contribution in [3.05, 3.63) is 0 Å². The maximum absolute atomic E-state index is 11.1. The topological polar surface area (TPSA) is 75.2 Å². The van der Waals surface area contributed by atoms with E-state index in [4.69, 9.17) is 5.73 Å². The Morgan fingerprint density at radius 3 is 2.77 bits per heavy atom. The van der Waals surface area contributed by atoms with Crippen LogP contribution >= 0.6 is 0 Å². The first-order chi connectivity index (χ1) is 6.16. The molecule has 0 radical (unpaired) electrons. The van der Waals surface area contributed by atoms with Gasteiger partial charge in [0.05, 0.1) is 0 Å². The van der Waals surface area contributed by atoms with Gasteiger partial charge in [0.15, 0.2) is 0 Å². The maximum Gasteiger partial charge on any atom is 0.245 e. The average Bonchev–Trinajstić information content (AvgIpc) is 2.68. The first kappa shape index (κ1) is 9.98. The molecule has 0 aromatic heterocycles. The maximum atomic E-state index is 11.1. The lowest BCUT2D eigenvalue weighted by molar-refractivity contribution is -0.121. The van der Waals surface area contributed by atoms with Crippen LogP contribution < -0.4 is 11.1 Å². The highest BCUT2D eigenvalue weighted by molar-refractivity contribution is 5.96. The number of hydrogen-bond acceptors (Lipinski definition) is 3. The molecule has 1 rings (SSSR count). The van der Waals surface area contributed by atoms with Gasteiger partial charge in [-0.05, 0) is 6.42 Å². The summed E-state index contributed by atoms with van der Waals surface area (Å²) in [5.41, 5.74) is 5.21. The Kier molecular flexibility index (Phi) is 3.25. The third-order valence-electron chi connectivity index (χ3n) is 2.14. The summed E-state index contributed by atoms with van der Waals surface area (Å²) in [5, 5.41) is 2.65. The molecule has 0 saturated carbocycles. The summed E-state index contributed by atoms with van der Waals surface area (Å²) < 4.78 is 0. The Hall–Kier alpha value is -1.10. The number of carbonyl (C=O) groups excluding carboxylic acids is 2. The number of hydrogen-bond donors (Lipinski definition) is 2. The van der Waals surface area contributed by atoms with Crippen LogP contribution in [0.25, 0.3) is 0 Å². The lowest BCUT2D eigenvalue weighted by Gasteiger charge is -2.01. The van der Waals surface area contributed by atoms with Crippen molar-refractivity contribution >= 4 is 11.8 Å². The minimum atomic E-state index is -0.0291. The van der Waals surface area contributed by atoms with Crippen LogP contribution in [0, 0.1) is 0 Å². The average molecular weight is 185 g/mol. The number of amides is 2. The zero-order chi connectivity index (χ0) is 9.84. The molecule has 5 nitrogen and oxygen atoms in total. The Labute approximate surface area is 77.3 Å². The molecule has 0 spiro atoms. The first-order valence-corrected chi connectivity index (χ1v) is 4.40. The lowest BCUT2D eigenvalue weighted by atomic mass is 10.2. The van der Waals surface area contributed by atoms with Crippen molar-refractivity contribution in [2.24, 2.45) is 5.73 Å². The van der Waals surface area contributed by atoms with Gasteiger partial charge in [0.25, 0.3) is 0 Å². The van der Waals surface area contributed by atoms with Crippen molar-refractivity contribution in [2.75, 3.05) is 20.1 Å². The van der Waals surface area contributed by atoms with E-state index in [0.717, 1.165) is 0 Å². The highest BCUT2D eigenvalue weighted by atomic mass is 16.2. The van der Waals surface area contributed by atoms with E-state index in [9.17, 15) is 9.59 Å². The number of nitrogens with one attached hydrogen (secondary N) is 1. The Morgan fingerprint density at radius 1 is 1.69 bits per heavy atom. The Balaban J connectivity index is 2.06. The fourth-order valence-corrected chi connectivity index (χ4v) is 1.20. The van der Waals surface area contributed by atoms with E-state index in [1.54, 1.807) is 11.9 Å². The molecule has 1 fully saturated rings. The molecular weight excluding hydrogens is 170 g/mol. The molecule has 0 aromatic rings. The highest BCUT2D eigenvalue weighted by Gasteiger charge is 2.41. The van der Waals surface area contributed by atoms with Crippen molar-refractivity contribution in [2.45, 2.75) is 18.9 Å². The quantitative estimate of drug-likeness (QED) is 0.522. The molecule has 74 valence electrons. The van der Waals surface area contributed by atoms with Crippen LogP contribution in [-0.2, 0) is 9.59 Å². The van der Waals surface area contributed by atoms with Gasteiger partial charge in [0.1, 0.15) is 6.04 Å². The third kappa shape index (κ3) is 2.69. The fourth-order valence-electron chi connectivity index (χ4n) is 1.20. The van der Waals surface area contributed by atoms with Crippen molar-refractivity contribution in [3.8, 4) is 0 Å².